The van der Waals surface area contributed by atoms with Crippen LogP contribution in [0.25, 0.3) is 6.08 Å². The number of rotatable bonds is 1. The van der Waals surface area contributed by atoms with Gasteiger partial charge in [0.05, 0.1) is 4.47 Å². The Hall–Kier alpha value is -1.67. The Morgan fingerprint density at radius 1 is 1.25 bits per heavy atom. The lowest BCUT2D eigenvalue weighted by molar-refractivity contribution is -0.129. The average Bonchev–Trinajstić information content (AvgIpc) is 2.37. The van der Waals surface area contributed by atoms with Crippen molar-refractivity contribution in [3.8, 4) is 5.75 Å². The van der Waals surface area contributed by atoms with Crippen LogP contribution >= 0.6 is 31.9 Å². The molecule has 1 aromatic carbocycles. The van der Waals surface area contributed by atoms with E-state index in [2.05, 4.69) is 31.9 Å². The Balaban J connectivity index is 2.52. The van der Waals surface area contributed by atoms with Crippen LogP contribution in [0.5, 0.6) is 5.75 Å². The number of urea groups is 1. The molecular formula is C12H8Br2N2O4. The van der Waals surface area contributed by atoms with Gasteiger partial charge in [-0.3, -0.25) is 19.8 Å². The fraction of sp³-hybridized carbons (Fsp3) is 0.0833. The van der Waals surface area contributed by atoms with E-state index in [0.29, 0.717) is 8.95 Å². The summed E-state index contributed by atoms with van der Waals surface area (Å²) in [5, 5.41) is 11.9. The van der Waals surface area contributed by atoms with E-state index in [1.54, 1.807) is 12.1 Å². The fourth-order valence-corrected chi connectivity index (χ4v) is 2.86. The first kappa shape index (κ1) is 14.7. The highest BCUT2D eigenvalue weighted by Crippen LogP contribution is 2.33. The molecule has 0 aromatic heterocycles. The Labute approximate surface area is 130 Å². The van der Waals surface area contributed by atoms with Gasteiger partial charge in [0.2, 0.25) is 0 Å². The minimum Gasteiger partial charge on any atom is -0.506 e. The summed E-state index contributed by atoms with van der Waals surface area (Å²) in [6, 6.07) is 2.39. The van der Waals surface area contributed by atoms with Crippen molar-refractivity contribution in [2.24, 2.45) is 0 Å². The number of likely N-dealkylation sites (N-methyl/N-ethyl adjacent to an activating group) is 1. The van der Waals surface area contributed by atoms with Crippen molar-refractivity contribution < 1.29 is 19.5 Å². The van der Waals surface area contributed by atoms with Crippen LogP contribution in [-0.2, 0) is 9.59 Å². The zero-order valence-corrected chi connectivity index (χ0v) is 13.3. The zero-order chi connectivity index (χ0) is 15.0. The average molecular weight is 404 g/mol. The van der Waals surface area contributed by atoms with E-state index in [0.717, 1.165) is 4.90 Å². The lowest BCUT2D eigenvalue weighted by Crippen LogP contribution is -2.52. The third-order valence-electron chi connectivity index (χ3n) is 2.66. The highest BCUT2D eigenvalue weighted by Gasteiger charge is 2.33. The first-order valence-electron chi connectivity index (χ1n) is 5.34. The predicted octanol–water partition coefficient (Wildman–Crippen LogP) is 2.01. The highest BCUT2D eigenvalue weighted by atomic mass is 79.9. The van der Waals surface area contributed by atoms with E-state index >= 15 is 0 Å². The molecule has 1 aromatic rings. The minimum absolute atomic E-state index is 0.110. The van der Waals surface area contributed by atoms with Crippen LogP contribution in [0.3, 0.4) is 0 Å². The van der Waals surface area contributed by atoms with Crippen molar-refractivity contribution in [1.82, 2.24) is 10.2 Å². The maximum atomic E-state index is 11.9. The number of nitrogens with zero attached hydrogens (tertiary/aromatic N) is 1. The number of halogens is 2. The van der Waals surface area contributed by atoms with Crippen molar-refractivity contribution in [2.45, 2.75) is 0 Å². The summed E-state index contributed by atoms with van der Waals surface area (Å²) in [6.07, 6.45) is 1.23. The van der Waals surface area contributed by atoms with Gasteiger partial charge in [-0.25, -0.2) is 4.79 Å². The van der Waals surface area contributed by atoms with E-state index in [-0.39, 0.29) is 16.9 Å². The van der Waals surface area contributed by atoms with Gasteiger partial charge in [-0.05, 0) is 34.1 Å². The van der Waals surface area contributed by atoms with Crippen LogP contribution in [0.1, 0.15) is 5.56 Å². The van der Waals surface area contributed by atoms with Crippen molar-refractivity contribution in [2.75, 3.05) is 7.05 Å². The summed E-state index contributed by atoms with van der Waals surface area (Å²) >= 11 is 6.40. The topological polar surface area (TPSA) is 86.7 Å². The molecule has 0 bridgehead atoms. The van der Waals surface area contributed by atoms with Crippen molar-refractivity contribution >= 4 is 55.8 Å². The molecule has 0 unspecified atom stereocenters. The quantitative estimate of drug-likeness (QED) is 0.554. The molecule has 104 valence electrons. The number of nitrogens with one attached hydrogen (secondary N) is 1. The monoisotopic (exact) mass is 402 g/mol. The smallest absolute Gasteiger partial charge is 0.331 e. The fourth-order valence-electron chi connectivity index (χ4n) is 1.60. The number of hydrogen-bond acceptors (Lipinski definition) is 4. The molecule has 1 heterocycles. The van der Waals surface area contributed by atoms with E-state index in [1.165, 1.54) is 13.1 Å². The second-order valence-electron chi connectivity index (χ2n) is 4.01. The number of carbonyl (C=O) groups excluding carboxylic acids is 3. The number of benzene rings is 1. The second-order valence-corrected chi connectivity index (χ2v) is 5.78. The number of hydrogen-bond donors (Lipinski definition) is 2. The largest absolute Gasteiger partial charge is 0.506 e. The summed E-state index contributed by atoms with van der Waals surface area (Å²) in [5.41, 5.74) is 0.0416. The normalized spacial score (nSPS) is 17.6. The predicted molar refractivity (Wildman–Crippen MR) is 77.8 cm³/mol. The molecule has 1 aliphatic heterocycles. The molecule has 0 atom stereocenters. The summed E-state index contributed by atoms with van der Waals surface area (Å²) in [5.74, 6) is -1.64. The van der Waals surface area contributed by atoms with E-state index in [4.69, 9.17) is 0 Å². The number of carbonyl (C=O) groups is 3. The van der Waals surface area contributed by atoms with Crippen molar-refractivity contribution in [3.05, 3.63) is 32.2 Å². The summed E-state index contributed by atoms with van der Waals surface area (Å²) in [4.78, 5) is 35.7. The molecule has 2 rings (SSSR count). The molecule has 6 nitrogen and oxygen atoms in total. The Morgan fingerprint density at radius 2 is 1.90 bits per heavy atom. The van der Waals surface area contributed by atoms with Gasteiger partial charge >= 0.3 is 6.03 Å². The first-order chi connectivity index (χ1) is 9.31. The molecular weight excluding hydrogens is 396 g/mol. The molecule has 8 heteroatoms. The Kier molecular flexibility index (Phi) is 3.96. The maximum absolute atomic E-state index is 11.9. The lowest BCUT2D eigenvalue weighted by atomic mass is 10.1. The molecule has 4 amide bonds. The second kappa shape index (κ2) is 5.37. The number of phenolic OH excluding ortho intramolecular Hbond substituents is 1. The van der Waals surface area contributed by atoms with Crippen LogP contribution in [0.4, 0.5) is 4.79 Å². The van der Waals surface area contributed by atoms with Gasteiger partial charge in [-0.1, -0.05) is 15.9 Å². The third kappa shape index (κ3) is 2.61. The number of amides is 4. The first-order valence-corrected chi connectivity index (χ1v) is 6.93. The molecule has 20 heavy (non-hydrogen) atoms. The van der Waals surface area contributed by atoms with Crippen molar-refractivity contribution in [1.29, 1.82) is 0 Å². The highest BCUT2D eigenvalue weighted by molar-refractivity contribution is 9.11. The van der Waals surface area contributed by atoms with Crippen molar-refractivity contribution in [3.63, 3.8) is 0 Å². The molecule has 0 radical (unpaired) electrons. The molecule has 1 aliphatic rings. The Morgan fingerprint density at radius 3 is 2.55 bits per heavy atom. The van der Waals surface area contributed by atoms with Crippen LogP contribution in [-0.4, -0.2) is 34.9 Å². The van der Waals surface area contributed by atoms with Gasteiger partial charge in [0, 0.05) is 17.1 Å². The zero-order valence-electron chi connectivity index (χ0n) is 10.1. The minimum atomic E-state index is -0.798. The number of barbiturate groups is 1. The SMILES string of the molecule is CN1C(=O)NC(=O)C(=Cc2cc(Br)cc(Br)c2O)C1=O. The van der Waals surface area contributed by atoms with E-state index < -0.39 is 17.8 Å². The molecule has 2 N–H and O–H groups in total. The van der Waals surface area contributed by atoms with Gasteiger partial charge in [0.25, 0.3) is 11.8 Å². The van der Waals surface area contributed by atoms with E-state index in [1.807, 2.05) is 5.32 Å². The van der Waals surface area contributed by atoms with Gasteiger partial charge in [0.15, 0.2) is 0 Å². The summed E-state index contributed by atoms with van der Waals surface area (Å²) in [6.45, 7) is 0. The lowest BCUT2D eigenvalue weighted by Gasteiger charge is -2.22. The van der Waals surface area contributed by atoms with Gasteiger partial charge in [-0.2, -0.15) is 0 Å². The third-order valence-corrected chi connectivity index (χ3v) is 3.72. The van der Waals surface area contributed by atoms with Crippen LogP contribution in [0, 0.1) is 0 Å². The van der Waals surface area contributed by atoms with Gasteiger partial charge in [-0.15, -0.1) is 0 Å². The molecule has 1 saturated heterocycles. The molecule has 0 spiro atoms. The van der Waals surface area contributed by atoms with Crippen LogP contribution < -0.4 is 5.32 Å². The van der Waals surface area contributed by atoms with Gasteiger partial charge in [0.1, 0.15) is 11.3 Å². The number of phenols is 1. The summed E-state index contributed by atoms with van der Waals surface area (Å²) in [7, 11) is 1.26. The number of aromatic hydroxyl groups is 1. The summed E-state index contributed by atoms with van der Waals surface area (Å²) < 4.78 is 1.06. The van der Waals surface area contributed by atoms with Crippen LogP contribution in [0.15, 0.2) is 26.7 Å². The number of imide groups is 2. The molecule has 0 saturated carbocycles. The van der Waals surface area contributed by atoms with Gasteiger partial charge < -0.3 is 5.11 Å². The Bertz CT molecular complexity index is 670. The molecule has 0 aliphatic carbocycles. The van der Waals surface area contributed by atoms with E-state index in [9.17, 15) is 19.5 Å². The molecule has 1 fully saturated rings. The van der Waals surface area contributed by atoms with Crippen LogP contribution in [0.2, 0.25) is 0 Å². The standard InChI is InChI=1S/C12H8Br2N2O4/c1-16-11(19)7(10(18)15-12(16)20)3-5-2-6(13)4-8(14)9(5)17/h2-4,17H,1H3,(H,15,18,20). The maximum Gasteiger partial charge on any atom is 0.331 e.